The number of aliphatic carboxylic acids is 1. The highest BCUT2D eigenvalue weighted by Crippen LogP contribution is 2.19. The van der Waals surface area contributed by atoms with E-state index in [1.54, 1.807) is 0 Å². The minimum atomic E-state index is -1.39. The van der Waals surface area contributed by atoms with Crippen molar-refractivity contribution in [2.75, 3.05) is 19.8 Å². The number of amides is 3. The minimum absolute atomic E-state index is 0.0655. The topological polar surface area (TPSA) is 117 Å². The lowest BCUT2D eigenvalue weighted by atomic mass is 9.99. The number of hydrogen-bond donors (Lipinski definition) is 4. The molecule has 106 valence electrons. The fourth-order valence-corrected chi connectivity index (χ4v) is 1.81. The molecule has 0 aromatic heterocycles. The quantitative estimate of drug-likeness (QED) is 0.501. The molecular weight excluding hydrogens is 254 g/mol. The first kappa shape index (κ1) is 13.6. The fourth-order valence-electron chi connectivity index (χ4n) is 1.81. The van der Waals surface area contributed by atoms with Crippen LogP contribution in [0.4, 0.5) is 4.79 Å². The largest absolute Gasteiger partial charge is 0.479 e. The molecule has 1 unspecified atom stereocenters. The number of carboxylic acids is 1. The monoisotopic (exact) mass is 271 g/mol. The van der Waals surface area contributed by atoms with Crippen molar-refractivity contribution >= 4 is 17.9 Å². The van der Waals surface area contributed by atoms with Crippen molar-refractivity contribution in [2.24, 2.45) is 0 Å². The number of rotatable bonds is 5. The predicted octanol–water partition coefficient (Wildman–Crippen LogP) is -1.19. The molecular formula is C11H17N3O5. The van der Waals surface area contributed by atoms with Crippen LogP contribution in [0.5, 0.6) is 0 Å². The molecule has 19 heavy (non-hydrogen) atoms. The first-order chi connectivity index (χ1) is 9.02. The Kier molecular flexibility index (Phi) is 3.89. The summed E-state index contributed by atoms with van der Waals surface area (Å²) in [7, 11) is 0. The van der Waals surface area contributed by atoms with Gasteiger partial charge in [-0.3, -0.25) is 4.79 Å². The van der Waals surface area contributed by atoms with Crippen LogP contribution in [-0.2, 0) is 14.3 Å². The smallest absolute Gasteiger partial charge is 0.332 e. The molecule has 8 heteroatoms. The average Bonchev–Trinajstić information content (AvgIpc) is 3.02. The zero-order valence-corrected chi connectivity index (χ0v) is 10.4. The minimum Gasteiger partial charge on any atom is -0.479 e. The molecule has 1 aliphatic carbocycles. The Balaban J connectivity index is 1.76. The summed E-state index contributed by atoms with van der Waals surface area (Å²) in [6, 6.07) is -0.454. The van der Waals surface area contributed by atoms with Crippen molar-refractivity contribution in [1.29, 1.82) is 0 Å². The molecule has 2 fully saturated rings. The lowest BCUT2D eigenvalue weighted by molar-refractivity contribution is -0.144. The molecule has 2 rings (SSSR count). The van der Waals surface area contributed by atoms with Crippen molar-refractivity contribution in [3.63, 3.8) is 0 Å². The third-order valence-corrected chi connectivity index (χ3v) is 3.14. The molecule has 0 radical (unpaired) electrons. The molecule has 1 saturated carbocycles. The van der Waals surface area contributed by atoms with Crippen LogP contribution >= 0.6 is 0 Å². The second-order valence-corrected chi connectivity index (χ2v) is 4.84. The lowest BCUT2D eigenvalue weighted by Crippen LogP contribution is -2.58. The van der Waals surface area contributed by atoms with Gasteiger partial charge in [-0.15, -0.1) is 0 Å². The second kappa shape index (κ2) is 5.43. The van der Waals surface area contributed by atoms with E-state index >= 15 is 0 Å². The van der Waals surface area contributed by atoms with Crippen molar-refractivity contribution in [3.8, 4) is 0 Å². The van der Waals surface area contributed by atoms with E-state index < -0.39 is 17.5 Å². The van der Waals surface area contributed by atoms with Gasteiger partial charge in [0.2, 0.25) is 5.91 Å². The van der Waals surface area contributed by atoms with Crippen LogP contribution in [0.3, 0.4) is 0 Å². The van der Waals surface area contributed by atoms with Crippen molar-refractivity contribution < 1.29 is 24.2 Å². The normalized spacial score (nSPS) is 25.7. The number of carboxylic acid groups (broad SMARTS) is 1. The lowest BCUT2D eigenvalue weighted by Gasteiger charge is -2.23. The summed E-state index contributed by atoms with van der Waals surface area (Å²) in [5, 5.41) is 16.5. The summed E-state index contributed by atoms with van der Waals surface area (Å²) in [5.41, 5.74) is -1.39. The van der Waals surface area contributed by atoms with Gasteiger partial charge in [0.15, 0.2) is 5.54 Å². The molecule has 2 aliphatic rings. The molecule has 3 amide bonds. The predicted molar refractivity (Wildman–Crippen MR) is 63.5 cm³/mol. The van der Waals surface area contributed by atoms with Gasteiger partial charge in [0, 0.05) is 19.1 Å². The number of urea groups is 1. The third-order valence-electron chi connectivity index (χ3n) is 3.14. The maximum absolute atomic E-state index is 11.6. The van der Waals surface area contributed by atoms with Crippen LogP contribution in [0.1, 0.15) is 19.3 Å². The maximum atomic E-state index is 11.6. The number of nitrogens with one attached hydrogen (secondary N) is 3. The molecule has 1 atom stereocenters. The van der Waals surface area contributed by atoms with E-state index in [-0.39, 0.29) is 38.1 Å². The molecule has 1 heterocycles. The van der Waals surface area contributed by atoms with Gasteiger partial charge < -0.3 is 25.8 Å². The zero-order valence-electron chi connectivity index (χ0n) is 10.4. The Bertz CT molecular complexity index is 388. The van der Waals surface area contributed by atoms with Gasteiger partial charge in [-0.1, -0.05) is 0 Å². The summed E-state index contributed by atoms with van der Waals surface area (Å²) >= 11 is 0. The van der Waals surface area contributed by atoms with Crippen LogP contribution < -0.4 is 16.0 Å². The van der Waals surface area contributed by atoms with Crippen LogP contribution in [0.25, 0.3) is 0 Å². The van der Waals surface area contributed by atoms with E-state index in [1.165, 1.54) is 0 Å². The number of hydrogen-bond acceptors (Lipinski definition) is 4. The van der Waals surface area contributed by atoms with Gasteiger partial charge in [0.25, 0.3) is 0 Å². The molecule has 4 N–H and O–H groups in total. The summed E-state index contributed by atoms with van der Waals surface area (Å²) < 4.78 is 5.01. The van der Waals surface area contributed by atoms with Crippen LogP contribution in [0.2, 0.25) is 0 Å². The number of carbonyl (C=O) groups excluding carboxylic acids is 2. The Morgan fingerprint density at radius 2 is 2.05 bits per heavy atom. The molecule has 0 spiro atoms. The summed E-state index contributed by atoms with van der Waals surface area (Å²) in [5.74, 6) is -1.41. The van der Waals surface area contributed by atoms with Gasteiger partial charge in [-0.2, -0.15) is 0 Å². The first-order valence-electron chi connectivity index (χ1n) is 6.18. The van der Waals surface area contributed by atoms with Crippen LogP contribution in [0.15, 0.2) is 0 Å². The van der Waals surface area contributed by atoms with Gasteiger partial charge in [-0.25, -0.2) is 9.59 Å². The van der Waals surface area contributed by atoms with E-state index in [2.05, 4.69) is 16.0 Å². The van der Waals surface area contributed by atoms with Gasteiger partial charge in [-0.05, 0) is 12.8 Å². The highest BCUT2D eigenvalue weighted by atomic mass is 16.5. The Hall–Kier alpha value is -1.83. The Labute approximate surface area is 109 Å². The molecule has 0 aromatic carbocycles. The second-order valence-electron chi connectivity index (χ2n) is 4.84. The highest BCUT2D eigenvalue weighted by Gasteiger charge is 2.44. The van der Waals surface area contributed by atoms with E-state index in [9.17, 15) is 14.4 Å². The number of carbonyl (C=O) groups is 3. The summed E-state index contributed by atoms with van der Waals surface area (Å²) in [4.78, 5) is 34.1. The Morgan fingerprint density at radius 1 is 1.32 bits per heavy atom. The Morgan fingerprint density at radius 3 is 2.58 bits per heavy atom. The van der Waals surface area contributed by atoms with Gasteiger partial charge in [0.05, 0.1) is 13.2 Å². The van der Waals surface area contributed by atoms with Crippen molar-refractivity contribution in [1.82, 2.24) is 16.0 Å². The third kappa shape index (κ3) is 3.57. The molecule has 1 saturated heterocycles. The van der Waals surface area contributed by atoms with E-state index in [0.717, 1.165) is 12.8 Å². The van der Waals surface area contributed by atoms with E-state index in [0.29, 0.717) is 0 Å². The molecule has 1 aliphatic heterocycles. The standard InChI is InChI=1S/C11H17N3O5/c15-8(13-7-1-2-7)5-12-10(18)14-11(9(16)17)3-4-19-6-11/h7H,1-6H2,(H,13,15)(H,16,17)(H2,12,14,18). The first-order valence-corrected chi connectivity index (χ1v) is 6.18. The average molecular weight is 271 g/mol. The molecule has 8 nitrogen and oxygen atoms in total. The molecule has 0 aromatic rings. The van der Waals surface area contributed by atoms with Crippen molar-refractivity contribution in [3.05, 3.63) is 0 Å². The highest BCUT2D eigenvalue weighted by molar-refractivity contribution is 5.89. The summed E-state index contributed by atoms with van der Waals surface area (Å²) in [6.45, 7) is 0.0532. The van der Waals surface area contributed by atoms with Crippen LogP contribution in [-0.4, -0.2) is 54.4 Å². The van der Waals surface area contributed by atoms with Gasteiger partial charge in [0.1, 0.15) is 0 Å². The summed E-state index contributed by atoms with van der Waals surface area (Å²) in [6.07, 6.45) is 2.15. The van der Waals surface area contributed by atoms with E-state index in [1.807, 2.05) is 0 Å². The van der Waals surface area contributed by atoms with Gasteiger partial charge >= 0.3 is 12.0 Å². The SMILES string of the molecule is O=C(CNC(=O)NC1(C(=O)O)CCOC1)NC1CC1. The fraction of sp³-hybridized carbons (Fsp3) is 0.727. The van der Waals surface area contributed by atoms with Crippen molar-refractivity contribution in [2.45, 2.75) is 30.8 Å². The maximum Gasteiger partial charge on any atom is 0.332 e. The zero-order chi connectivity index (χ0) is 13.9. The number of ether oxygens (including phenoxy) is 1. The van der Waals surface area contributed by atoms with E-state index in [4.69, 9.17) is 9.84 Å². The van der Waals surface area contributed by atoms with Crippen LogP contribution in [0, 0.1) is 0 Å². The molecule has 0 bridgehead atoms.